The maximum atomic E-state index is 12.1. The molecular formula is C17H27NO. The number of ketones is 1. The average Bonchev–Trinajstić information content (AvgIpc) is 2.27. The van der Waals surface area contributed by atoms with Gasteiger partial charge < -0.3 is 5.73 Å². The van der Waals surface area contributed by atoms with Gasteiger partial charge in [0.15, 0.2) is 5.78 Å². The molecule has 1 unspecified atom stereocenters. The molecule has 0 bridgehead atoms. The molecule has 0 spiro atoms. The van der Waals surface area contributed by atoms with Crippen molar-refractivity contribution in [3.05, 3.63) is 35.4 Å². The molecule has 0 radical (unpaired) electrons. The number of Topliss-reactive ketones (excluding diaryl/α,β-unsaturated/α-hetero) is 1. The van der Waals surface area contributed by atoms with Gasteiger partial charge in [-0.25, -0.2) is 0 Å². The fourth-order valence-electron chi connectivity index (χ4n) is 2.36. The molecule has 0 aliphatic rings. The Morgan fingerprint density at radius 2 is 1.79 bits per heavy atom. The highest BCUT2D eigenvalue weighted by atomic mass is 16.1. The Kier molecular flexibility index (Phi) is 5.74. The van der Waals surface area contributed by atoms with Crippen LogP contribution in [0.5, 0.6) is 0 Å². The maximum Gasteiger partial charge on any atom is 0.164 e. The predicted octanol–water partition coefficient (Wildman–Crippen LogP) is 3.98. The smallest absolute Gasteiger partial charge is 0.164 e. The number of aryl methyl sites for hydroxylation is 1. The Bertz CT molecular complexity index is 400. The molecule has 1 aromatic carbocycles. The predicted molar refractivity (Wildman–Crippen MR) is 81.4 cm³/mol. The summed E-state index contributed by atoms with van der Waals surface area (Å²) >= 11 is 0. The fourth-order valence-corrected chi connectivity index (χ4v) is 2.36. The first kappa shape index (κ1) is 15.9. The highest BCUT2D eigenvalue weighted by Crippen LogP contribution is 2.22. The standard InChI is InChI=1S/C17H27NO/c1-5-6-13-7-9-14(10-8-13)16(19)11-15(18)12-17(2,3)4/h7-10,15H,5-6,11-12,18H2,1-4H3. The van der Waals surface area contributed by atoms with E-state index in [2.05, 4.69) is 27.7 Å². The van der Waals surface area contributed by atoms with E-state index in [1.165, 1.54) is 5.56 Å². The van der Waals surface area contributed by atoms with E-state index in [0.717, 1.165) is 24.8 Å². The molecule has 0 aromatic heterocycles. The Morgan fingerprint density at radius 1 is 1.21 bits per heavy atom. The summed E-state index contributed by atoms with van der Waals surface area (Å²) < 4.78 is 0. The van der Waals surface area contributed by atoms with Gasteiger partial charge in [0.1, 0.15) is 0 Å². The molecule has 1 atom stereocenters. The zero-order valence-corrected chi connectivity index (χ0v) is 12.7. The van der Waals surface area contributed by atoms with Crippen molar-refractivity contribution in [2.24, 2.45) is 11.1 Å². The van der Waals surface area contributed by atoms with E-state index in [1.807, 2.05) is 24.3 Å². The van der Waals surface area contributed by atoms with Gasteiger partial charge in [-0.2, -0.15) is 0 Å². The van der Waals surface area contributed by atoms with Crippen LogP contribution in [0, 0.1) is 5.41 Å². The molecule has 2 heteroatoms. The molecule has 106 valence electrons. The second-order valence-corrected chi connectivity index (χ2v) is 6.60. The number of carbonyl (C=O) groups is 1. The van der Waals surface area contributed by atoms with Crippen molar-refractivity contribution >= 4 is 5.78 Å². The van der Waals surface area contributed by atoms with Crippen molar-refractivity contribution in [3.63, 3.8) is 0 Å². The van der Waals surface area contributed by atoms with E-state index in [4.69, 9.17) is 5.73 Å². The summed E-state index contributed by atoms with van der Waals surface area (Å²) in [5.74, 6) is 0.153. The van der Waals surface area contributed by atoms with Crippen LogP contribution >= 0.6 is 0 Å². The Morgan fingerprint density at radius 3 is 2.26 bits per heavy atom. The van der Waals surface area contributed by atoms with E-state index in [0.29, 0.717) is 6.42 Å². The number of rotatable bonds is 6. The first-order valence-electron chi connectivity index (χ1n) is 7.19. The summed E-state index contributed by atoms with van der Waals surface area (Å²) in [5, 5.41) is 0. The molecular weight excluding hydrogens is 234 g/mol. The summed E-state index contributed by atoms with van der Waals surface area (Å²) in [5.41, 5.74) is 8.30. The van der Waals surface area contributed by atoms with Crippen LogP contribution in [-0.4, -0.2) is 11.8 Å². The Hall–Kier alpha value is -1.15. The van der Waals surface area contributed by atoms with Gasteiger partial charge in [0.2, 0.25) is 0 Å². The molecule has 0 amide bonds. The van der Waals surface area contributed by atoms with Crippen LogP contribution in [-0.2, 0) is 6.42 Å². The minimum absolute atomic E-state index is 0.0529. The number of hydrogen-bond acceptors (Lipinski definition) is 2. The highest BCUT2D eigenvalue weighted by Gasteiger charge is 2.18. The molecule has 2 nitrogen and oxygen atoms in total. The van der Waals surface area contributed by atoms with Gasteiger partial charge in [-0.15, -0.1) is 0 Å². The van der Waals surface area contributed by atoms with Crippen molar-refractivity contribution in [1.82, 2.24) is 0 Å². The van der Waals surface area contributed by atoms with E-state index in [-0.39, 0.29) is 17.2 Å². The molecule has 0 saturated heterocycles. The first-order valence-corrected chi connectivity index (χ1v) is 7.19. The van der Waals surface area contributed by atoms with Gasteiger partial charge in [0.05, 0.1) is 0 Å². The normalized spacial score (nSPS) is 13.3. The quantitative estimate of drug-likeness (QED) is 0.787. The molecule has 1 aromatic rings. The number of benzene rings is 1. The number of carbonyl (C=O) groups excluding carboxylic acids is 1. The van der Waals surface area contributed by atoms with Gasteiger partial charge in [0.25, 0.3) is 0 Å². The SMILES string of the molecule is CCCc1ccc(C(=O)CC(N)CC(C)(C)C)cc1. The van der Waals surface area contributed by atoms with Gasteiger partial charge in [-0.3, -0.25) is 4.79 Å². The van der Waals surface area contributed by atoms with Crippen molar-refractivity contribution < 1.29 is 4.79 Å². The summed E-state index contributed by atoms with van der Waals surface area (Å²) in [6.45, 7) is 8.61. The van der Waals surface area contributed by atoms with E-state index < -0.39 is 0 Å². The fraction of sp³-hybridized carbons (Fsp3) is 0.588. The molecule has 0 heterocycles. The van der Waals surface area contributed by atoms with Crippen molar-refractivity contribution in [2.75, 3.05) is 0 Å². The van der Waals surface area contributed by atoms with Crippen LogP contribution in [0.4, 0.5) is 0 Å². The van der Waals surface area contributed by atoms with Gasteiger partial charge in [0, 0.05) is 18.0 Å². The summed E-state index contributed by atoms with van der Waals surface area (Å²) in [7, 11) is 0. The molecule has 0 aliphatic carbocycles. The van der Waals surface area contributed by atoms with Crippen LogP contribution in [0.2, 0.25) is 0 Å². The lowest BCUT2D eigenvalue weighted by Gasteiger charge is -2.22. The van der Waals surface area contributed by atoms with Crippen LogP contribution < -0.4 is 5.73 Å². The lowest BCUT2D eigenvalue weighted by molar-refractivity contribution is 0.0968. The van der Waals surface area contributed by atoms with Crippen LogP contribution in [0.1, 0.15) is 62.9 Å². The van der Waals surface area contributed by atoms with Crippen molar-refractivity contribution in [1.29, 1.82) is 0 Å². The maximum absolute atomic E-state index is 12.1. The minimum atomic E-state index is -0.0529. The number of nitrogens with two attached hydrogens (primary N) is 1. The second kappa shape index (κ2) is 6.85. The third kappa shape index (κ3) is 6.02. The minimum Gasteiger partial charge on any atom is -0.327 e. The molecule has 0 saturated carbocycles. The molecule has 2 N–H and O–H groups in total. The Balaban J connectivity index is 2.58. The van der Waals surface area contributed by atoms with Crippen LogP contribution in [0.25, 0.3) is 0 Å². The van der Waals surface area contributed by atoms with E-state index in [9.17, 15) is 4.79 Å². The third-order valence-electron chi connectivity index (χ3n) is 3.14. The molecule has 0 aliphatic heterocycles. The molecule has 1 rings (SSSR count). The second-order valence-electron chi connectivity index (χ2n) is 6.60. The lowest BCUT2D eigenvalue weighted by atomic mass is 9.86. The lowest BCUT2D eigenvalue weighted by Crippen LogP contribution is -2.29. The third-order valence-corrected chi connectivity index (χ3v) is 3.14. The summed E-state index contributed by atoms with van der Waals surface area (Å²) in [4.78, 5) is 12.1. The van der Waals surface area contributed by atoms with Crippen LogP contribution in [0.3, 0.4) is 0 Å². The van der Waals surface area contributed by atoms with Gasteiger partial charge in [-0.05, 0) is 23.8 Å². The zero-order chi connectivity index (χ0) is 14.5. The van der Waals surface area contributed by atoms with E-state index in [1.54, 1.807) is 0 Å². The average molecular weight is 261 g/mol. The van der Waals surface area contributed by atoms with Crippen LogP contribution in [0.15, 0.2) is 24.3 Å². The summed E-state index contributed by atoms with van der Waals surface area (Å²) in [6.07, 6.45) is 3.50. The monoisotopic (exact) mass is 261 g/mol. The number of hydrogen-bond donors (Lipinski definition) is 1. The topological polar surface area (TPSA) is 43.1 Å². The largest absolute Gasteiger partial charge is 0.327 e. The van der Waals surface area contributed by atoms with Crippen molar-refractivity contribution in [2.45, 2.75) is 59.4 Å². The first-order chi connectivity index (χ1) is 8.81. The zero-order valence-electron chi connectivity index (χ0n) is 12.7. The van der Waals surface area contributed by atoms with Gasteiger partial charge in [-0.1, -0.05) is 58.4 Å². The Labute approximate surface area is 117 Å². The molecule has 0 fully saturated rings. The van der Waals surface area contributed by atoms with E-state index >= 15 is 0 Å². The van der Waals surface area contributed by atoms with Crippen molar-refractivity contribution in [3.8, 4) is 0 Å². The molecule has 19 heavy (non-hydrogen) atoms. The van der Waals surface area contributed by atoms with Gasteiger partial charge >= 0.3 is 0 Å². The highest BCUT2D eigenvalue weighted by molar-refractivity contribution is 5.96. The summed E-state index contributed by atoms with van der Waals surface area (Å²) in [6, 6.07) is 7.90.